The molecule has 0 aromatic heterocycles. The molecule has 23 heavy (non-hydrogen) atoms. The highest BCUT2D eigenvalue weighted by atomic mass is 35.5. The maximum absolute atomic E-state index is 10.9. The maximum atomic E-state index is 10.9. The topological polar surface area (TPSA) is 70.0 Å². The summed E-state index contributed by atoms with van der Waals surface area (Å²) in [6.45, 7) is 6.52. The summed E-state index contributed by atoms with van der Waals surface area (Å²) in [7, 11) is 0. The smallest absolute Gasteiger partial charge is 0.303 e. The Kier molecular flexibility index (Phi) is 4.29. The average Bonchev–Trinajstić information content (AvgIpc) is 2.90. The van der Waals surface area contributed by atoms with Crippen molar-refractivity contribution in [1.29, 1.82) is 0 Å². The van der Waals surface area contributed by atoms with Crippen LogP contribution >= 0.6 is 11.6 Å². The van der Waals surface area contributed by atoms with Crippen LogP contribution in [0.5, 0.6) is 5.75 Å². The fourth-order valence-electron chi connectivity index (χ4n) is 3.51. The standard InChI is InChI=1S/C17H22ClNO4/c1-17(2)9-23-16-11(3-12(18)5-13(16)17)7-19-6-10(4-15(21)22)14(20)8-19/h3,5,10,14,20H,4,6-9H2,1-2H3,(H,21,22)/t10-,14-/m1/s1. The minimum atomic E-state index is -0.871. The first kappa shape index (κ1) is 16.6. The molecule has 2 heterocycles. The number of benzene rings is 1. The average molecular weight is 340 g/mol. The second-order valence-corrected chi connectivity index (χ2v) is 7.67. The molecule has 2 atom stereocenters. The molecule has 1 aromatic carbocycles. The molecule has 1 aromatic rings. The predicted molar refractivity (Wildman–Crippen MR) is 87.0 cm³/mol. The normalized spacial score (nSPS) is 26.1. The summed E-state index contributed by atoms with van der Waals surface area (Å²) in [5, 5.41) is 19.7. The van der Waals surface area contributed by atoms with Crippen molar-refractivity contribution in [1.82, 2.24) is 4.90 Å². The fraction of sp³-hybridized carbons (Fsp3) is 0.588. The van der Waals surface area contributed by atoms with E-state index in [0.29, 0.717) is 31.3 Å². The molecule has 5 nitrogen and oxygen atoms in total. The van der Waals surface area contributed by atoms with Gasteiger partial charge in [0.05, 0.1) is 19.1 Å². The second-order valence-electron chi connectivity index (χ2n) is 7.23. The number of halogens is 1. The van der Waals surface area contributed by atoms with Gasteiger partial charge in [-0.15, -0.1) is 0 Å². The van der Waals surface area contributed by atoms with Gasteiger partial charge in [0, 0.05) is 47.1 Å². The van der Waals surface area contributed by atoms with E-state index >= 15 is 0 Å². The molecule has 0 saturated carbocycles. The Morgan fingerprint density at radius 1 is 1.43 bits per heavy atom. The minimum Gasteiger partial charge on any atom is -0.492 e. The number of carboxylic acid groups (broad SMARTS) is 1. The predicted octanol–water partition coefficient (Wildman–Crippen LogP) is 2.28. The van der Waals surface area contributed by atoms with Gasteiger partial charge >= 0.3 is 5.97 Å². The van der Waals surface area contributed by atoms with E-state index in [0.717, 1.165) is 16.9 Å². The van der Waals surface area contributed by atoms with Crippen LogP contribution in [0.3, 0.4) is 0 Å². The summed E-state index contributed by atoms with van der Waals surface area (Å²) in [5.74, 6) is -0.211. The molecule has 0 aliphatic carbocycles. The molecule has 0 unspecified atom stereocenters. The van der Waals surface area contributed by atoms with E-state index in [2.05, 4.69) is 18.7 Å². The van der Waals surface area contributed by atoms with Crippen LogP contribution in [0.15, 0.2) is 12.1 Å². The zero-order chi connectivity index (χ0) is 16.8. The van der Waals surface area contributed by atoms with Crippen molar-refractivity contribution in [3.8, 4) is 5.75 Å². The lowest BCUT2D eigenvalue weighted by Gasteiger charge is -2.19. The largest absolute Gasteiger partial charge is 0.492 e. The number of nitrogens with zero attached hydrogens (tertiary/aromatic N) is 1. The number of fused-ring (bicyclic) bond motifs is 1. The number of carboxylic acids is 1. The summed E-state index contributed by atoms with van der Waals surface area (Å²) in [5.41, 5.74) is 2.05. The summed E-state index contributed by atoms with van der Waals surface area (Å²) >= 11 is 6.27. The summed E-state index contributed by atoms with van der Waals surface area (Å²) in [6.07, 6.45) is -0.606. The van der Waals surface area contributed by atoms with Gasteiger partial charge in [-0.25, -0.2) is 0 Å². The lowest BCUT2D eigenvalue weighted by atomic mass is 9.86. The molecular weight excluding hydrogens is 318 g/mol. The van der Waals surface area contributed by atoms with E-state index in [1.54, 1.807) is 0 Å². The number of ether oxygens (including phenoxy) is 1. The molecule has 126 valence electrons. The van der Waals surface area contributed by atoms with Crippen molar-refractivity contribution in [2.24, 2.45) is 5.92 Å². The third-order valence-electron chi connectivity index (χ3n) is 4.75. The van der Waals surface area contributed by atoms with Crippen molar-refractivity contribution < 1.29 is 19.7 Å². The molecule has 3 rings (SSSR count). The molecule has 0 spiro atoms. The third-order valence-corrected chi connectivity index (χ3v) is 4.97. The van der Waals surface area contributed by atoms with Gasteiger partial charge in [0.25, 0.3) is 0 Å². The second kappa shape index (κ2) is 5.96. The minimum absolute atomic E-state index is 0.00511. The highest BCUT2D eigenvalue weighted by molar-refractivity contribution is 6.30. The van der Waals surface area contributed by atoms with Gasteiger partial charge in [0.2, 0.25) is 0 Å². The zero-order valence-electron chi connectivity index (χ0n) is 13.4. The van der Waals surface area contributed by atoms with Crippen molar-refractivity contribution in [3.05, 3.63) is 28.3 Å². The maximum Gasteiger partial charge on any atom is 0.303 e. The Labute approximate surface area is 140 Å². The van der Waals surface area contributed by atoms with Crippen LogP contribution in [-0.2, 0) is 16.8 Å². The molecule has 0 radical (unpaired) electrons. The van der Waals surface area contributed by atoms with Crippen LogP contribution in [-0.4, -0.2) is 46.9 Å². The van der Waals surface area contributed by atoms with Crippen molar-refractivity contribution >= 4 is 17.6 Å². The number of aliphatic hydroxyl groups excluding tert-OH is 1. The monoisotopic (exact) mass is 339 g/mol. The molecule has 0 bridgehead atoms. The van der Waals surface area contributed by atoms with E-state index in [-0.39, 0.29) is 17.8 Å². The van der Waals surface area contributed by atoms with Gasteiger partial charge in [0.15, 0.2) is 0 Å². The van der Waals surface area contributed by atoms with Gasteiger partial charge in [-0.2, -0.15) is 0 Å². The Bertz CT molecular complexity index is 631. The van der Waals surface area contributed by atoms with Gasteiger partial charge in [-0.3, -0.25) is 9.69 Å². The van der Waals surface area contributed by atoms with Crippen molar-refractivity contribution in [3.63, 3.8) is 0 Å². The molecule has 2 N–H and O–H groups in total. The van der Waals surface area contributed by atoms with Crippen molar-refractivity contribution in [2.75, 3.05) is 19.7 Å². The summed E-state index contributed by atoms with van der Waals surface area (Å²) in [4.78, 5) is 12.9. The van der Waals surface area contributed by atoms with Gasteiger partial charge in [0.1, 0.15) is 5.75 Å². The Balaban J connectivity index is 1.79. The molecule has 2 aliphatic rings. The van der Waals surface area contributed by atoms with Crippen LogP contribution in [0.25, 0.3) is 0 Å². The first-order valence-electron chi connectivity index (χ1n) is 7.84. The van der Waals surface area contributed by atoms with Crippen LogP contribution in [0.2, 0.25) is 5.02 Å². The lowest BCUT2D eigenvalue weighted by molar-refractivity contribution is -0.138. The summed E-state index contributed by atoms with van der Waals surface area (Å²) < 4.78 is 5.89. The van der Waals surface area contributed by atoms with Crippen molar-refractivity contribution in [2.45, 2.75) is 38.3 Å². The molecule has 6 heteroatoms. The Hall–Kier alpha value is -1.30. The van der Waals surface area contributed by atoms with E-state index < -0.39 is 12.1 Å². The number of rotatable bonds is 4. The van der Waals surface area contributed by atoms with Gasteiger partial charge in [-0.05, 0) is 12.1 Å². The molecular formula is C17H22ClNO4. The Morgan fingerprint density at radius 3 is 2.87 bits per heavy atom. The molecule has 2 aliphatic heterocycles. The first-order valence-corrected chi connectivity index (χ1v) is 8.22. The highest BCUT2D eigenvalue weighted by Crippen LogP contribution is 2.43. The van der Waals surface area contributed by atoms with E-state index in [1.165, 1.54) is 0 Å². The number of likely N-dealkylation sites (tertiary alicyclic amines) is 1. The third kappa shape index (κ3) is 3.32. The number of hydrogen-bond donors (Lipinski definition) is 2. The molecule has 1 saturated heterocycles. The highest BCUT2D eigenvalue weighted by Gasteiger charge is 2.36. The number of carbonyl (C=O) groups is 1. The number of β-amino-alcohol motifs (C(OH)–C–C–N with tert-alkyl or cyclic N) is 1. The van der Waals surface area contributed by atoms with Crippen LogP contribution < -0.4 is 4.74 Å². The number of aliphatic carboxylic acids is 1. The van der Waals surface area contributed by atoms with E-state index in [4.69, 9.17) is 21.4 Å². The zero-order valence-corrected chi connectivity index (χ0v) is 14.1. The first-order chi connectivity index (χ1) is 10.8. The Morgan fingerprint density at radius 2 is 2.17 bits per heavy atom. The summed E-state index contributed by atoms with van der Waals surface area (Å²) in [6, 6.07) is 3.86. The lowest BCUT2D eigenvalue weighted by Crippen LogP contribution is -2.21. The quantitative estimate of drug-likeness (QED) is 0.880. The molecule has 0 amide bonds. The fourth-order valence-corrected chi connectivity index (χ4v) is 3.75. The van der Waals surface area contributed by atoms with E-state index in [1.807, 2.05) is 12.1 Å². The van der Waals surface area contributed by atoms with Crippen LogP contribution in [0, 0.1) is 5.92 Å². The van der Waals surface area contributed by atoms with Gasteiger partial charge < -0.3 is 14.9 Å². The van der Waals surface area contributed by atoms with Crippen LogP contribution in [0.4, 0.5) is 0 Å². The molecule has 1 fully saturated rings. The number of hydrogen-bond acceptors (Lipinski definition) is 4. The SMILES string of the molecule is CC1(C)COc2c(CN3C[C@@H](CC(=O)O)[C@H](O)C3)cc(Cl)cc21. The van der Waals surface area contributed by atoms with Gasteiger partial charge in [-0.1, -0.05) is 25.4 Å². The number of aliphatic hydroxyl groups is 1. The van der Waals surface area contributed by atoms with Crippen LogP contribution in [0.1, 0.15) is 31.4 Å². The van der Waals surface area contributed by atoms with E-state index in [9.17, 15) is 9.90 Å².